The number of aromatic carboxylic acids is 1. The Hall–Kier alpha value is -2.07. The zero-order valence-corrected chi connectivity index (χ0v) is 16.4. The molecule has 2 atom stereocenters. The third-order valence-electron chi connectivity index (χ3n) is 4.78. The lowest BCUT2D eigenvalue weighted by atomic mass is 9.89. The van der Waals surface area contributed by atoms with Gasteiger partial charge in [0.2, 0.25) is 0 Å². The third-order valence-corrected chi connectivity index (χ3v) is 4.78. The number of fused-ring (bicyclic) bond motifs is 1. The average molecular weight is 358 g/mol. The van der Waals surface area contributed by atoms with Gasteiger partial charge in [0, 0.05) is 6.42 Å². The summed E-state index contributed by atoms with van der Waals surface area (Å²) >= 11 is 0. The standard InChI is InChI=1S/C22H30O4/c1-14(2)7-6-10-22(5,25)19-13-17-12-18(21(23)24)11-16(20(17)26-19)9-8-15(3)4/h7-8,11-12,19,25H,6,9-10,13H2,1-5H3,(H,23,24)/t19-,22+/m0/s1. The minimum atomic E-state index is -0.970. The Morgan fingerprint density at radius 1 is 1.23 bits per heavy atom. The highest BCUT2D eigenvalue weighted by Gasteiger charge is 2.39. The Balaban J connectivity index is 2.27. The molecule has 2 rings (SSSR count). The number of rotatable bonds is 7. The molecule has 1 aliphatic rings. The predicted octanol–water partition coefficient (Wildman–Crippen LogP) is 4.69. The molecule has 0 aliphatic carbocycles. The van der Waals surface area contributed by atoms with Crippen molar-refractivity contribution in [1.29, 1.82) is 0 Å². The van der Waals surface area contributed by atoms with Gasteiger partial charge in [0.05, 0.1) is 11.2 Å². The molecule has 1 heterocycles. The lowest BCUT2D eigenvalue weighted by molar-refractivity contribution is -0.0435. The largest absolute Gasteiger partial charge is 0.486 e. The minimum absolute atomic E-state index is 0.273. The summed E-state index contributed by atoms with van der Waals surface area (Å²) in [5.74, 6) is -0.204. The molecule has 0 fully saturated rings. The maximum absolute atomic E-state index is 11.5. The molecular formula is C22H30O4. The Morgan fingerprint density at radius 3 is 2.46 bits per heavy atom. The fraction of sp³-hybridized carbons (Fsp3) is 0.500. The number of carboxylic acids is 1. The molecule has 0 unspecified atom stereocenters. The van der Waals surface area contributed by atoms with Gasteiger partial charge in [-0.15, -0.1) is 0 Å². The predicted molar refractivity (Wildman–Crippen MR) is 104 cm³/mol. The highest BCUT2D eigenvalue weighted by Crippen LogP contribution is 2.39. The molecule has 0 spiro atoms. The van der Waals surface area contributed by atoms with Crippen LogP contribution in [0.25, 0.3) is 0 Å². The van der Waals surface area contributed by atoms with Gasteiger partial charge in [0.15, 0.2) is 0 Å². The molecule has 0 amide bonds. The molecule has 1 aromatic carbocycles. The molecule has 0 aromatic heterocycles. The number of aliphatic hydroxyl groups is 1. The van der Waals surface area contributed by atoms with Crippen molar-refractivity contribution in [2.45, 2.75) is 72.0 Å². The second-order valence-electron chi connectivity index (χ2n) is 7.90. The summed E-state index contributed by atoms with van der Waals surface area (Å²) in [7, 11) is 0. The average Bonchev–Trinajstić information content (AvgIpc) is 2.96. The van der Waals surface area contributed by atoms with Gasteiger partial charge in [-0.2, -0.15) is 0 Å². The lowest BCUT2D eigenvalue weighted by Crippen LogP contribution is -2.42. The highest BCUT2D eigenvalue weighted by atomic mass is 16.5. The van der Waals surface area contributed by atoms with E-state index < -0.39 is 11.6 Å². The third kappa shape index (κ3) is 4.98. The van der Waals surface area contributed by atoms with Gasteiger partial charge in [-0.1, -0.05) is 23.3 Å². The summed E-state index contributed by atoms with van der Waals surface area (Å²) < 4.78 is 6.13. The molecule has 0 saturated heterocycles. The Kier molecular flexibility index (Phi) is 6.30. The van der Waals surface area contributed by atoms with Crippen molar-refractivity contribution >= 4 is 5.97 Å². The summed E-state index contributed by atoms with van der Waals surface area (Å²) in [4.78, 5) is 11.5. The van der Waals surface area contributed by atoms with Crippen molar-refractivity contribution in [2.24, 2.45) is 0 Å². The first kappa shape index (κ1) is 20.2. The van der Waals surface area contributed by atoms with Gasteiger partial charge in [0.25, 0.3) is 0 Å². The van der Waals surface area contributed by atoms with Crippen LogP contribution in [0.5, 0.6) is 5.75 Å². The summed E-state index contributed by atoms with van der Waals surface area (Å²) in [6, 6.07) is 3.36. The Bertz CT molecular complexity index is 733. The van der Waals surface area contributed by atoms with E-state index in [9.17, 15) is 15.0 Å². The first-order valence-electron chi connectivity index (χ1n) is 9.15. The number of carboxylic acid groups (broad SMARTS) is 1. The lowest BCUT2D eigenvalue weighted by Gasteiger charge is -2.29. The van der Waals surface area contributed by atoms with Crippen LogP contribution in [0.3, 0.4) is 0 Å². The van der Waals surface area contributed by atoms with E-state index in [2.05, 4.69) is 12.2 Å². The van der Waals surface area contributed by atoms with E-state index in [0.29, 0.717) is 19.3 Å². The van der Waals surface area contributed by atoms with Crippen LogP contribution in [0.4, 0.5) is 0 Å². The van der Waals surface area contributed by atoms with Crippen LogP contribution in [0.1, 0.15) is 68.9 Å². The first-order valence-corrected chi connectivity index (χ1v) is 9.15. The number of benzene rings is 1. The zero-order valence-electron chi connectivity index (χ0n) is 16.4. The molecule has 26 heavy (non-hydrogen) atoms. The van der Waals surface area contributed by atoms with E-state index in [0.717, 1.165) is 23.3 Å². The fourth-order valence-corrected chi connectivity index (χ4v) is 3.19. The SMILES string of the molecule is CC(C)=CCC[C@@](C)(O)[C@@H]1Cc2cc(C(=O)O)cc(CC=C(C)C)c2O1. The van der Waals surface area contributed by atoms with Gasteiger partial charge >= 0.3 is 5.97 Å². The number of ether oxygens (including phenoxy) is 1. The topological polar surface area (TPSA) is 66.8 Å². The monoisotopic (exact) mass is 358 g/mol. The van der Waals surface area contributed by atoms with Gasteiger partial charge < -0.3 is 14.9 Å². The molecule has 1 aromatic rings. The number of carbonyl (C=O) groups is 1. The van der Waals surface area contributed by atoms with E-state index in [4.69, 9.17) is 4.74 Å². The second-order valence-corrected chi connectivity index (χ2v) is 7.90. The van der Waals surface area contributed by atoms with Crippen molar-refractivity contribution in [3.8, 4) is 5.75 Å². The normalized spacial score (nSPS) is 17.7. The van der Waals surface area contributed by atoms with Crippen LogP contribution in [-0.4, -0.2) is 27.9 Å². The van der Waals surface area contributed by atoms with E-state index >= 15 is 0 Å². The van der Waals surface area contributed by atoms with Crippen molar-refractivity contribution in [1.82, 2.24) is 0 Å². The molecule has 2 N–H and O–H groups in total. The van der Waals surface area contributed by atoms with Gasteiger partial charge in [-0.25, -0.2) is 4.79 Å². The van der Waals surface area contributed by atoms with Crippen LogP contribution in [0.15, 0.2) is 35.4 Å². The molecule has 0 bridgehead atoms. The van der Waals surface area contributed by atoms with Gasteiger partial charge in [0.1, 0.15) is 11.9 Å². The summed E-state index contributed by atoms with van der Waals surface area (Å²) in [5.41, 5.74) is 3.43. The highest BCUT2D eigenvalue weighted by molar-refractivity contribution is 5.88. The Morgan fingerprint density at radius 2 is 1.88 bits per heavy atom. The van der Waals surface area contributed by atoms with Gasteiger partial charge in [-0.3, -0.25) is 0 Å². The van der Waals surface area contributed by atoms with E-state index in [1.165, 1.54) is 11.1 Å². The van der Waals surface area contributed by atoms with Crippen molar-refractivity contribution in [3.63, 3.8) is 0 Å². The molecule has 4 heteroatoms. The molecule has 142 valence electrons. The first-order chi connectivity index (χ1) is 12.1. The van der Waals surface area contributed by atoms with Crippen LogP contribution in [0.2, 0.25) is 0 Å². The van der Waals surface area contributed by atoms with E-state index in [1.807, 2.05) is 27.7 Å². The zero-order chi connectivity index (χ0) is 19.5. The van der Waals surface area contributed by atoms with Crippen LogP contribution in [0, 0.1) is 0 Å². The summed E-state index contributed by atoms with van der Waals surface area (Å²) in [5, 5.41) is 20.3. The van der Waals surface area contributed by atoms with Crippen LogP contribution >= 0.6 is 0 Å². The van der Waals surface area contributed by atoms with E-state index in [-0.39, 0.29) is 11.7 Å². The second kappa shape index (κ2) is 8.09. The quantitative estimate of drug-likeness (QED) is 0.694. The molecule has 1 aliphatic heterocycles. The molecule has 0 radical (unpaired) electrons. The van der Waals surface area contributed by atoms with E-state index in [1.54, 1.807) is 19.1 Å². The van der Waals surface area contributed by atoms with Crippen LogP contribution in [-0.2, 0) is 12.8 Å². The molecule has 0 saturated carbocycles. The number of hydrogen-bond donors (Lipinski definition) is 2. The smallest absolute Gasteiger partial charge is 0.335 e. The van der Waals surface area contributed by atoms with Crippen molar-refractivity contribution in [2.75, 3.05) is 0 Å². The fourth-order valence-electron chi connectivity index (χ4n) is 3.19. The molecule has 4 nitrogen and oxygen atoms in total. The van der Waals surface area contributed by atoms with Crippen molar-refractivity contribution < 1.29 is 19.7 Å². The maximum atomic E-state index is 11.5. The number of hydrogen-bond acceptors (Lipinski definition) is 3. The number of allylic oxidation sites excluding steroid dienone is 4. The van der Waals surface area contributed by atoms with Gasteiger partial charge in [-0.05, 0) is 77.1 Å². The van der Waals surface area contributed by atoms with Crippen molar-refractivity contribution in [3.05, 3.63) is 52.1 Å². The van der Waals surface area contributed by atoms with Crippen LogP contribution < -0.4 is 4.74 Å². The Labute approximate surface area is 156 Å². The maximum Gasteiger partial charge on any atom is 0.335 e. The summed E-state index contributed by atoms with van der Waals surface area (Å²) in [6.07, 6.45) is 6.35. The minimum Gasteiger partial charge on any atom is -0.486 e. The summed E-state index contributed by atoms with van der Waals surface area (Å²) in [6.45, 7) is 9.91. The molecular weight excluding hydrogens is 328 g/mol.